The number of alkyl halides is 1. The number of rotatable bonds is 1. The van der Waals surface area contributed by atoms with E-state index in [1.165, 1.54) is 4.57 Å². The Morgan fingerprint density at radius 2 is 2.29 bits per heavy atom. The summed E-state index contributed by atoms with van der Waals surface area (Å²) in [6, 6.07) is 5.40. The lowest BCUT2D eigenvalue weighted by Gasteiger charge is -2.02. The van der Waals surface area contributed by atoms with Crippen molar-refractivity contribution in [1.29, 1.82) is 0 Å². The summed E-state index contributed by atoms with van der Waals surface area (Å²) in [5.74, 6) is -0.361. The molecule has 14 heavy (non-hydrogen) atoms. The van der Waals surface area contributed by atoms with Crippen LogP contribution in [0.15, 0.2) is 27.4 Å². The van der Waals surface area contributed by atoms with E-state index in [-0.39, 0.29) is 10.7 Å². The van der Waals surface area contributed by atoms with Gasteiger partial charge in [0.1, 0.15) is 0 Å². The molecule has 0 aliphatic carbocycles. The highest BCUT2D eigenvalue weighted by atomic mass is 79.9. The number of halogens is 1. The van der Waals surface area contributed by atoms with Crippen LogP contribution in [0.3, 0.4) is 0 Å². The molecular formula is C9H9BrN2O2. The summed E-state index contributed by atoms with van der Waals surface area (Å²) in [5, 5.41) is 0. The highest BCUT2D eigenvalue weighted by molar-refractivity contribution is 9.09. The van der Waals surface area contributed by atoms with E-state index in [1.54, 1.807) is 13.1 Å². The van der Waals surface area contributed by atoms with Crippen molar-refractivity contribution < 1.29 is 4.42 Å². The average Bonchev–Trinajstić information content (AvgIpc) is 2.43. The van der Waals surface area contributed by atoms with Gasteiger partial charge in [-0.25, -0.2) is 4.79 Å². The second-order valence-electron chi connectivity index (χ2n) is 3.06. The van der Waals surface area contributed by atoms with E-state index in [1.807, 2.05) is 12.1 Å². The molecule has 0 amide bonds. The van der Waals surface area contributed by atoms with Crippen LogP contribution in [0.2, 0.25) is 0 Å². The zero-order chi connectivity index (χ0) is 10.3. The minimum atomic E-state index is -0.361. The molecule has 1 aromatic heterocycles. The Kier molecular flexibility index (Phi) is 2.20. The minimum Gasteiger partial charge on any atom is -0.408 e. The maximum absolute atomic E-state index is 11.2. The standard InChI is InChI=1S/C9H9BrN2O2/c1-12-6-4-5(8(10)11)2-3-7(6)14-9(12)13/h2-4,8H,11H2,1H3. The third kappa shape index (κ3) is 1.38. The summed E-state index contributed by atoms with van der Waals surface area (Å²) >= 11 is 3.26. The van der Waals surface area contributed by atoms with Gasteiger partial charge in [0.2, 0.25) is 0 Å². The number of aryl methyl sites for hydroxylation is 1. The highest BCUT2D eigenvalue weighted by Gasteiger charge is 2.08. The first-order chi connectivity index (χ1) is 6.59. The van der Waals surface area contributed by atoms with Crippen LogP contribution in [-0.2, 0) is 7.05 Å². The summed E-state index contributed by atoms with van der Waals surface area (Å²) in [5.41, 5.74) is 7.90. The van der Waals surface area contributed by atoms with Crippen molar-refractivity contribution in [2.24, 2.45) is 12.8 Å². The number of oxazole rings is 1. The number of fused-ring (bicyclic) bond motifs is 1. The van der Waals surface area contributed by atoms with Gasteiger partial charge in [0.25, 0.3) is 0 Å². The molecule has 74 valence electrons. The number of hydrogen-bond donors (Lipinski definition) is 1. The van der Waals surface area contributed by atoms with Crippen LogP contribution in [0.4, 0.5) is 0 Å². The molecule has 5 heteroatoms. The molecule has 0 saturated carbocycles. The minimum absolute atomic E-state index is 0.225. The van der Waals surface area contributed by atoms with Gasteiger partial charge in [-0.1, -0.05) is 22.0 Å². The molecule has 1 heterocycles. The van der Waals surface area contributed by atoms with Crippen LogP contribution in [0.5, 0.6) is 0 Å². The second kappa shape index (κ2) is 3.25. The van der Waals surface area contributed by atoms with Gasteiger partial charge in [0.05, 0.1) is 10.5 Å². The lowest BCUT2D eigenvalue weighted by molar-refractivity contribution is 0.528. The van der Waals surface area contributed by atoms with E-state index in [0.717, 1.165) is 11.1 Å². The summed E-state index contributed by atoms with van der Waals surface area (Å²) < 4.78 is 6.44. The van der Waals surface area contributed by atoms with E-state index in [4.69, 9.17) is 10.2 Å². The maximum Gasteiger partial charge on any atom is 0.419 e. The molecule has 0 fully saturated rings. The van der Waals surface area contributed by atoms with Crippen molar-refractivity contribution in [3.63, 3.8) is 0 Å². The fraction of sp³-hybridized carbons (Fsp3) is 0.222. The summed E-state index contributed by atoms with van der Waals surface area (Å²) in [7, 11) is 1.66. The Bertz CT molecular complexity index is 527. The number of nitrogens with two attached hydrogens (primary N) is 1. The summed E-state index contributed by atoms with van der Waals surface area (Å²) in [4.78, 5) is 10.9. The van der Waals surface area contributed by atoms with E-state index < -0.39 is 0 Å². The Labute approximate surface area is 88.4 Å². The van der Waals surface area contributed by atoms with E-state index in [0.29, 0.717) is 5.58 Å². The van der Waals surface area contributed by atoms with E-state index in [2.05, 4.69) is 15.9 Å². The SMILES string of the molecule is Cn1c(=O)oc2ccc(C(N)Br)cc21. The van der Waals surface area contributed by atoms with Crippen LogP contribution in [-0.4, -0.2) is 4.57 Å². The maximum atomic E-state index is 11.2. The van der Waals surface area contributed by atoms with Gasteiger partial charge in [0.15, 0.2) is 5.58 Å². The molecule has 0 spiro atoms. The lowest BCUT2D eigenvalue weighted by atomic mass is 10.2. The molecule has 2 N–H and O–H groups in total. The molecule has 4 nitrogen and oxygen atoms in total. The Morgan fingerprint density at radius 1 is 1.57 bits per heavy atom. The normalized spacial score (nSPS) is 13.4. The second-order valence-corrected chi connectivity index (χ2v) is 4.04. The topological polar surface area (TPSA) is 61.2 Å². The van der Waals surface area contributed by atoms with Crippen LogP contribution in [0, 0.1) is 0 Å². The highest BCUT2D eigenvalue weighted by Crippen LogP contribution is 2.21. The largest absolute Gasteiger partial charge is 0.419 e. The molecule has 2 rings (SSSR count). The van der Waals surface area contributed by atoms with Crippen molar-refractivity contribution in [2.75, 3.05) is 0 Å². The average molecular weight is 257 g/mol. The number of benzene rings is 1. The fourth-order valence-electron chi connectivity index (χ4n) is 1.32. The van der Waals surface area contributed by atoms with Crippen molar-refractivity contribution in [3.8, 4) is 0 Å². The predicted molar refractivity (Wildman–Crippen MR) is 57.3 cm³/mol. The van der Waals surface area contributed by atoms with Crippen molar-refractivity contribution >= 4 is 27.0 Å². The third-order valence-electron chi connectivity index (χ3n) is 2.13. The van der Waals surface area contributed by atoms with Gasteiger partial charge in [-0.15, -0.1) is 0 Å². The molecule has 0 saturated heterocycles. The monoisotopic (exact) mass is 256 g/mol. The van der Waals surface area contributed by atoms with Gasteiger partial charge in [0, 0.05) is 7.05 Å². The number of aromatic nitrogens is 1. The molecule has 2 aromatic rings. The first-order valence-electron chi connectivity index (χ1n) is 4.09. The predicted octanol–water partition coefficient (Wildman–Crippen LogP) is 1.48. The molecular weight excluding hydrogens is 248 g/mol. The molecule has 0 aliphatic rings. The molecule has 1 atom stereocenters. The van der Waals surface area contributed by atoms with Gasteiger partial charge in [-0.05, 0) is 17.7 Å². The zero-order valence-electron chi connectivity index (χ0n) is 7.53. The van der Waals surface area contributed by atoms with E-state index >= 15 is 0 Å². The van der Waals surface area contributed by atoms with Crippen LogP contribution in [0.1, 0.15) is 10.5 Å². The van der Waals surface area contributed by atoms with Crippen molar-refractivity contribution in [1.82, 2.24) is 4.57 Å². The van der Waals surface area contributed by atoms with E-state index in [9.17, 15) is 4.79 Å². The van der Waals surface area contributed by atoms with Gasteiger partial charge in [-0.3, -0.25) is 4.57 Å². The summed E-state index contributed by atoms with van der Waals surface area (Å²) in [6.07, 6.45) is 0. The Hall–Kier alpha value is -1.07. The zero-order valence-corrected chi connectivity index (χ0v) is 9.11. The quantitative estimate of drug-likeness (QED) is 0.621. The first kappa shape index (κ1) is 9.48. The van der Waals surface area contributed by atoms with Crippen molar-refractivity contribution in [2.45, 2.75) is 4.95 Å². The molecule has 0 bridgehead atoms. The van der Waals surface area contributed by atoms with Gasteiger partial charge in [-0.2, -0.15) is 0 Å². The molecule has 1 unspecified atom stereocenters. The molecule has 1 aromatic carbocycles. The van der Waals surface area contributed by atoms with Crippen molar-refractivity contribution in [3.05, 3.63) is 34.3 Å². The van der Waals surface area contributed by atoms with Crippen LogP contribution < -0.4 is 11.5 Å². The Balaban J connectivity index is 2.76. The summed E-state index contributed by atoms with van der Waals surface area (Å²) in [6.45, 7) is 0. The molecule has 0 aliphatic heterocycles. The fourth-order valence-corrected chi connectivity index (χ4v) is 1.60. The number of hydrogen-bond acceptors (Lipinski definition) is 3. The third-order valence-corrected chi connectivity index (χ3v) is 2.66. The van der Waals surface area contributed by atoms with Gasteiger partial charge < -0.3 is 10.2 Å². The van der Waals surface area contributed by atoms with Crippen LogP contribution >= 0.6 is 15.9 Å². The smallest absolute Gasteiger partial charge is 0.408 e. The first-order valence-corrected chi connectivity index (χ1v) is 5.00. The van der Waals surface area contributed by atoms with Crippen LogP contribution in [0.25, 0.3) is 11.1 Å². The lowest BCUT2D eigenvalue weighted by Crippen LogP contribution is -2.08. The number of nitrogens with zero attached hydrogens (tertiary/aromatic N) is 1. The molecule has 0 radical (unpaired) electrons. The Morgan fingerprint density at radius 3 is 2.93 bits per heavy atom. The van der Waals surface area contributed by atoms with Gasteiger partial charge >= 0.3 is 5.76 Å².